The van der Waals surface area contributed by atoms with Crippen molar-refractivity contribution in [2.24, 2.45) is 0 Å². The van der Waals surface area contributed by atoms with Crippen molar-refractivity contribution in [3.05, 3.63) is 65.1 Å². The molecule has 0 radical (unpaired) electrons. The van der Waals surface area contributed by atoms with E-state index in [-0.39, 0.29) is 12.5 Å². The van der Waals surface area contributed by atoms with Crippen LogP contribution in [-0.4, -0.2) is 26.2 Å². The van der Waals surface area contributed by atoms with Gasteiger partial charge in [0.15, 0.2) is 30.8 Å². The minimum absolute atomic E-state index is 0.0915. The van der Waals surface area contributed by atoms with Gasteiger partial charge in [-0.15, -0.1) is 0 Å². The summed E-state index contributed by atoms with van der Waals surface area (Å²) in [6.45, 7) is 3.61. The summed E-state index contributed by atoms with van der Waals surface area (Å²) in [7, 11) is 1.61. The summed E-state index contributed by atoms with van der Waals surface area (Å²) in [6, 6.07) is 13.3. The first kappa shape index (κ1) is 31.5. The maximum absolute atomic E-state index is 12.5. The molecule has 0 saturated heterocycles. The summed E-state index contributed by atoms with van der Waals surface area (Å²) in [4.78, 5) is 12.5. The Balaban J connectivity index is 1.30. The number of rotatable bonds is 21. The summed E-state index contributed by atoms with van der Waals surface area (Å²) in [5, 5.41) is 4.95. The number of nitrogens with one attached hydrogen (secondary N) is 1. The van der Waals surface area contributed by atoms with Crippen LogP contribution in [0.15, 0.2) is 59.6 Å². The second kappa shape index (κ2) is 19.1. The van der Waals surface area contributed by atoms with Crippen molar-refractivity contribution in [3.63, 3.8) is 0 Å². The third-order valence-electron chi connectivity index (χ3n) is 6.86. The van der Waals surface area contributed by atoms with Gasteiger partial charge < -0.3 is 19.5 Å². The number of aromatic nitrogens is 1. The molecule has 1 aromatic heterocycles. The monoisotopic (exact) mass is 567 g/mol. The number of anilines is 1. The van der Waals surface area contributed by atoms with Crippen molar-refractivity contribution in [2.45, 2.75) is 90.5 Å². The Hall–Kier alpha value is -3.06. The van der Waals surface area contributed by atoms with Gasteiger partial charge in [-0.25, -0.2) is 0 Å². The predicted octanol–water partition coefficient (Wildman–Crippen LogP) is 8.19. The molecule has 0 aliphatic rings. The van der Waals surface area contributed by atoms with Crippen molar-refractivity contribution in [2.75, 3.05) is 25.6 Å². The maximum Gasteiger partial charge on any atom is 0.262 e. The summed E-state index contributed by atoms with van der Waals surface area (Å²) in [5.74, 6) is 1.65. The Morgan fingerprint density at radius 1 is 0.850 bits per heavy atom. The molecule has 1 heterocycles. The molecule has 0 unspecified atom stereocenters. The second-order valence-corrected chi connectivity index (χ2v) is 11.0. The molecule has 7 heteroatoms. The van der Waals surface area contributed by atoms with E-state index in [1.54, 1.807) is 24.5 Å². The number of methoxy groups -OCH3 is 1. The third-order valence-corrected chi connectivity index (χ3v) is 7.53. The number of thiazole rings is 1. The van der Waals surface area contributed by atoms with E-state index in [2.05, 4.69) is 22.3 Å². The Morgan fingerprint density at radius 2 is 1.57 bits per heavy atom. The lowest BCUT2D eigenvalue weighted by atomic mass is 10.1. The van der Waals surface area contributed by atoms with Crippen LogP contribution in [0.3, 0.4) is 0 Å². The highest BCUT2D eigenvalue weighted by atomic mass is 32.1. The van der Waals surface area contributed by atoms with E-state index in [9.17, 15) is 4.79 Å². The van der Waals surface area contributed by atoms with Gasteiger partial charge in [0, 0.05) is 17.3 Å². The molecule has 0 saturated carbocycles. The number of hydrogen-bond donors (Lipinski definition) is 1. The third kappa shape index (κ3) is 12.4. The maximum atomic E-state index is 12.5. The van der Waals surface area contributed by atoms with Crippen LogP contribution in [0.2, 0.25) is 0 Å². The fraction of sp³-hybridized carbons (Fsp3) is 0.515. The Kier molecular flexibility index (Phi) is 15.0. The zero-order chi connectivity index (χ0) is 28.3. The van der Waals surface area contributed by atoms with E-state index < -0.39 is 0 Å². The van der Waals surface area contributed by atoms with E-state index >= 15 is 0 Å². The van der Waals surface area contributed by atoms with Crippen LogP contribution in [0.1, 0.15) is 89.5 Å². The minimum atomic E-state index is -0.216. The van der Waals surface area contributed by atoms with E-state index in [0.717, 1.165) is 24.2 Å². The normalized spacial score (nSPS) is 10.8. The fourth-order valence-electron chi connectivity index (χ4n) is 4.64. The van der Waals surface area contributed by atoms with Gasteiger partial charge in [-0.05, 0) is 30.7 Å². The number of ether oxygens (including phenoxy) is 3. The quantitative estimate of drug-likeness (QED) is 0.104. The Bertz CT molecular complexity index is 1100. The Morgan fingerprint density at radius 3 is 2.25 bits per heavy atom. The lowest BCUT2D eigenvalue weighted by Crippen LogP contribution is -2.30. The summed E-state index contributed by atoms with van der Waals surface area (Å²) >= 11 is 1.65. The number of amides is 1. The van der Waals surface area contributed by atoms with Crippen LogP contribution in [0.5, 0.6) is 17.2 Å². The first-order valence-electron chi connectivity index (χ1n) is 14.9. The summed E-state index contributed by atoms with van der Waals surface area (Å²) in [5.41, 5.74) is 3.93. The van der Waals surface area contributed by atoms with Gasteiger partial charge >= 0.3 is 0 Å². The Labute approximate surface area is 244 Å². The molecule has 0 spiro atoms. The topological polar surface area (TPSA) is 60.7 Å². The largest absolute Gasteiger partial charge is 0.493 e. The number of unbranched alkanes of at least 4 members (excludes halogenated alkanes) is 11. The predicted molar refractivity (Wildman–Crippen MR) is 164 cm³/mol. The van der Waals surface area contributed by atoms with Gasteiger partial charge in [0.2, 0.25) is 5.51 Å². The number of carbonyl (C=O) groups excluding carboxylic acids is 1. The highest BCUT2D eigenvalue weighted by Crippen LogP contribution is 2.31. The van der Waals surface area contributed by atoms with Gasteiger partial charge in [0.1, 0.15) is 5.75 Å². The first-order chi connectivity index (χ1) is 19.7. The van der Waals surface area contributed by atoms with Crippen LogP contribution >= 0.6 is 11.3 Å². The van der Waals surface area contributed by atoms with Crippen molar-refractivity contribution in [1.82, 2.24) is 0 Å². The average molecular weight is 568 g/mol. The fourth-order valence-corrected chi connectivity index (χ4v) is 5.24. The van der Waals surface area contributed by atoms with Gasteiger partial charge in [-0.3, -0.25) is 4.79 Å². The molecule has 2 aromatic carbocycles. The highest BCUT2D eigenvalue weighted by molar-refractivity contribution is 7.07. The lowest BCUT2D eigenvalue weighted by Gasteiger charge is -2.13. The van der Waals surface area contributed by atoms with Crippen LogP contribution in [-0.2, 0) is 11.3 Å². The van der Waals surface area contributed by atoms with Gasteiger partial charge in [-0.2, -0.15) is 4.57 Å². The van der Waals surface area contributed by atoms with E-state index in [0.29, 0.717) is 23.9 Å². The van der Waals surface area contributed by atoms with Crippen LogP contribution in [0.25, 0.3) is 0 Å². The van der Waals surface area contributed by atoms with E-state index in [1.807, 2.05) is 48.0 Å². The molecule has 218 valence electrons. The van der Waals surface area contributed by atoms with E-state index in [1.165, 1.54) is 70.6 Å². The number of benzene rings is 2. The molecule has 0 aliphatic heterocycles. The highest BCUT2D eigenvalue weighted by Gasteiger charge is 2.10. The second-order valence-electron chi connectivity index (χ2n) is 10.3. The van der Waals surface area contributed by atoms with Crippen LogP contribution < -0.4 is 24.1 Å². The number of carbonyl (C=O) groups is 1. The summed E-state index contributed by atoms with van der Waals surface area (Å²) in [6.07, 6.45) is 17.9. The molecule has 0 aliphatic carbocycles. The molecular formula is C33H47N2O4S+. The molecular weight excluding hydrogens is 520 g/mol. The minimum Gasteiger partial charge on any atom is -0.493 e. The van der Waals surface area contributed by atoms with Gasteiger partial charge in [0.05, 0.1) is 19.1 Å². The number of nitrogens with zero attached hydrogens (tertiary/aromatic N) is 1. The first-order valence-corrected chi connectivity index (χ1v) is 15.9. The molecule has 3 rings (SSSR count). The number of hydrogen-bond acceptors (Lipinski definition) is 5. The molecule has 6 nitrogen and oxygen atoms in total. The van der Waals surface area contributed by atoms with Crippen molar-refractivity contribution in [3.8, 4) is 17.2 Å². The average Bonchev–Trinajstić information content (AvgIpc) is 3.48. The molecule has 3 aromatic rings. The SMILES string of the molecule is CCCCCCCCCCCCCCOc1ccc(OCC(=O)Nc2cccc(C[n+]3ccsc3)c2)cc1OC. The van der Waals surface area contributed by atoms with Crippen LogP contribution in [0.4, 0.5) is 5.69 Å². The molecule has 1 N–H and O–H groups in total. The molecule has 0 atom stereocenters. The summed E-state index contributed by atoms with van der Waals surface area (Å²) < 4.78 is 19.3. The smallest absolute Gasteiger partial charge is 0.262 e. The van der Waals surface area contributed by atoms with Gasteiger partial charge in [-0.1, -0.05) is 101 Å². The van der Waals surface area contributed by atoms with Crippen molar-refractivity contribution < 1.29 is 23.6 Å². The van der Waals surface area contributed by atoms with Crippen molar-refractivity contribution >= 4 is 22.9 Å². The van der Waals surface area contributed by atoms with Gasteiger partial charge in [0.25, 0.3) is 5.91 Å². The standard InChI is InChI=1S/C33H46N2O4S/c1-3-4-5-6-7-8-9-10-11-12-13-14-21-38-31-19-18-30(24-32(31)37-2)39-26-33(36)34-29-17-15-16-28(23-29)25-35-20-22-40-27-35/h15-20,22-24,27H,3-14,21,25-26H2,1-2H3/p+1. The lowest BCUT2D eigenvalue weighted by molar-refractivity contribution is -0.683. The molecule has 1 amide bonds. The molecule has 0 bridgehead atoms. The van der Waals surface area contributed by atoms with E-state index in [4.69, 9.17) is 14.2 Å². The molecule has 0 fully saturated rings. The zero-order valence-electron chi connectivity index (χ0n) is 24.4. The zero-order valence-corrected chi connectivity index (χ0v) is 25.2. The van der Waals surface area contributed by atoms with Crippen LogP contribution in [0, 0.1) is 0 Å². The molecule has 40 heavy (non-hydrogen) atoms. The van der Waals surface area contributed by atoms with Crippen molar-refractivity contribution in [1.29, 1.82) is 0 Å².